The molecule has 1 unspecified atom stereocenters. The quantitative estimate of drug-likeness (QED) is 0.407. The second kappa shape index (κ2) is 10.7. The highest BCUT2D eigenvalue weighted by Gasteiger charge is 2.01. The summed E-state index contributed by atoms with van der Waals surface area (Å²) in [6, 6.07) is 0. The van der Waals surface area contributed by atoms with Crippen molar-refractivity contribution in [3.63, 3.8) is 0 Å². The molecule has 0 fully saturated rings. The largest absolute Gasteiger partial charge is 0.377 e. The van der Waals surface area contributed by atoms with Crippen molar-refractivity contribution in [1.82, 2.24) is 0 Å². The Morgan fingerprint density at radius 3 is 2.50 bits per heavy atom. The van der Waals surface area contributed by atoms with E-state index in [4.69, 9.17) is 4.74 Å². The van der Waals surface area contributed by atoms with Crippen molar-refractivity contribution in [3.05, 3.63) is 36.5 Å². The molecule has 0 aromatic rings. The van der Waals surface area contributed by atoms with Gasteiger partial charge in [0.25, 0.3) is 0 Å². The Hall–Kier alpha value is -0.820. The van der Waals surface area contributed by atoms with Crippen LogP contribution >= 0.6 is 0 Å². The average molecular weight is 222 g/mol. The van der Waals surface area contributed by atoms with E-state index in [2.05, 4.69) is 37.8 Å². The van der Waals surface area contributed by atoms with Crippen LogP contribution in [0.25, 0.3) is 0 Å². The molecule has 1 atom stereocenters. The molecule has 1 heteroatoms. The lowest BCUT2D eigenvalue weighted by Gasteiger charge is -2.09. The molecule has 0 aromatic carbocycles. The average Bonchev–Trinajstić information content (AvgIpc) is 2.25. The highest BCUT2D eigenvalue weighted by atomic mass is 16.5. The van der Waals surface area contributed by atoms with Crippen LogP contribution in [0.15, 0.2) is 36.5 Å². The van der Waals surface area contributed by atoms with Gasteiger partial charge in [0.15, 0.2) is 0 Å². The minimum absolute atomic E-state index is 0.198. The molecule has 0 rings (SSSR count). The van der Waals surface area contributed by atoms with Crippen molar-refractivity contribution in [2.45, 2.75) is 52.1 Å². The Labute approximate surface area is 101 Å². The predicted molar refractivity (Wildman–Crippen MR) is 72.7 cm³/mol. The first kappa shape index (κ1) is 15.2. The number of rotatable bonds is 9. The summed E-state index contributed by atoms with van der Waals surface area (Å²) in [5.74, 6) is 0. The maximum absolute atomic E-state index is 5.34. The fourth-order valence-corrected chi connectivity index (χ4v) is 1.46. The van der Waals surface area contributed by atoms with Gasteiger partial charge in [-0.3, -0.25) is 0 Å². The minimum atomic E-state index is 0.198. The lowest BCUT2D eigenvalue weighted by molar-refractivity contribution is 0.141. The number of allylic oxidation sites excluding steroid dienone is 3. The van der Waals surface area contributed by atoms with Crippen LogP contribution in [0.5, 0.6) is 0 Å². The normalized spacial score (nSPS) is 13.7. The van der Waals surface area contributed by atoms with Gasteiger partial charge in [0, 0.05) is 7.11 Å². The molecule has 92 valence electrons. The Morgan fingerprint density at radius 1 is 1.25 bits per heavy atom. The molecule has 0 saturated carbocycles. The zero-order chi connectivity index (χ0) is 12.2. The minimum Gasteiger partial charge on any atom is -0.377 e. The molecule has 0 heterocycles. The molecule has 1 nitrogen and oxygen atoms in total. The van der Waals surface area contributed by atoms with E-state index in [-0.39, 0.29) is 6.10 Å². The lowest BCUT2D eigenvalue weighted by Crippen LogP contribution is -2.06. The summed E-state index contributed by atoms with van der Waals surface area (Å²) in [6.07, 6.45) is 14.6. The van der Waals surface area contributed by atoms with Crippen molar-refractivity contribution in [2.75, 3.05) is 7.11 Å². The van der Waals surface area contributed by atoms with E-state index in [0.717, 1.165) is 19.3 Å². The van der Waals surface area contributed by atoms with Crippen LogP contribution in [-0.4, -0.2) is 13.2 Å². The molecule has 16 heavy (non-hydrogen) atoms. The summed E-state index contributed by atoms with van der Waals surface area (Å²) in [7, 11) is 1.75. The van der Waals surface area contributed by atoms with Gasteiger partial charge in [-0.05, 0) is 39.0 Å². The van der Waals surface area contributed by atoms with Crippen LogP contribution in [0.1, 0.15) is 46.0 Å². The van der Waals surface area contributed by atoms with Crippen molar-refractivity contribution in [1.29, 1.82) is 0 Å². The molecule has 0 spiro atoms. The molecule has 0 aliphatic carbocycles. The van der Waals surface area contributed by atoms with Crippen LogP contribution in [0.2, 0.25) is 0 Å². The zero-order valence-electron chi connectivity index (χ0n) is 11.0. The number of methoxy groups -OCH3 is 1. The van der Waals surface area contributed by atoms with Crippen LogP contribution in [0, 0.1) is 0 Å². The van der Waals surface area contributed by atoms with Gasteiger partial charge < -0.3 is 4.74 Å². The fourth-order valence-electron chi connectivity index (χ4n) is 1.46. The third-order valence-corrected chi connectivity index (χ3v) is 2.35. The molecule has 0 aliphatic heterocycles. The van der Waals surface area contributed by atoms with E-state index in [1.54, 1.807) is 7.11 Å². The first-order valence-electron chi connectivity index (χ1n) is 6.19. The summed E-state index contributed by atoms with van der Waals surface area (Å²) in [5.41, 5.74) is 1.17. The predicted octanol–water partition coefficient (Wildman–Crippen LogP) is 4.66. The summed E-state index contributed by atoms with van der Waals surface area (Å²) in [6.45, 7) is 8.10. The Bertz CT molecular complexity index is 226. The summed E-state index contributed by atoms with van der Waals surface area (Å²) >= 11 is 0. The number of ether oxygens (including phenoxy) is 1. The van der Waals surface area contributed by atoms with Crippen molar-refractivity contribution in [3.8, 4) is 0 Å². The van der Waals surface area contributed by atoms with Crippen LogP contribution < -0.4 is 0 Å². The number of hydrogen-bond donors (Lipinski definition) is 0. The van der Waals surface area contributed by atoms with Crippen molar-refractivity contribution < 1.29 is 4.74 Å². The van der Waals surface area contributed by atoms with Gasteiger partial charge in [0.1, 0.15) is 0 Å². The molecule has 0 amide bonds. The summed E-state index contributed by atoms with van der Waals surface area (Å²) < 4.78 is 5.34. The van der Waals surface area contributed by atoms with E-state index in [1.165, 1.54) is 18.4 Å². The Kier molecular flexibility index (Phi) is 10.1. The molecule has 0 radical (unpaired) electrons. The summed E-state index contributed by atoms with van der Waals surface area (Å²) in [5, 5.41) is 0. The monoisotopic (exact) mass is 222 g/mol. The van der Waals surface area contributed by atoms with Crippen LogP contribution in [0.3, 0.4) is 0 Å². The standard InChI is InChI=1S/C15H26O/c1-5-6-7-8-9-10-11-12-15(16-4)13-14(2)3/h6-7,11-12,15H,2,5,8-10,13H2,1,3-4H3/b7-6+,12-11+. The molecule has 0 bridgehead atoms. The summed E-state index contributed by atoms with van der Waals surface area (Å²) in [4.78, 5) is 0. The van der Waals surface area contributed by atoms with E-state index in [1.807, 2.05) is 6.92 Å². The van der Waals surface area contributed by atoms with Gasteiger partial charge in [-0.25, -0.2) is 0 Å². The smallest absolute Gasteiger partial charge is 0.0788 e. The van der Waals surface area contributed by atoms with Crippen LogP contribution in [-0.2, 0) is 4.74 Å². The Morgan fingerprint density at radius 2 is 1.94 bits per heavy atom. The number of unbranched alkanes of at least 4 members (excludes halogenated alkanes) is 2. The van der Waals surface area contributed by atoms with Crippen molar-refractivity contribution in [2.24, 2.45) is 0 Å². The van der Waals surface area contributed by atoms with Crippen LogP contribution in [0.4, 0.5) is 0 Å². The van der Waals surface area contributed by atoms with Crippen molar-refractivity contribution >= 4 is 0 Å². The van der Waals surface area contributed by atoms with Gasteiger partial charge in [-0.2, -0.15) is 0 Å². The highest BCUT2D eigenvalue weighted by molar-refractivity contribution is 4.99. The van der Waals surface area contributed by atoms with E-state index in [0.29, 0.717) is 0 Å². The Balaban J connectivity index is 3.63. The van der Waals surface area contributed by atoms with E-state index >= 15 is 0 Å². The number of hydrogen-bond acceptors (Lipinski definition) is 1. The SMILES string of the molecule is C=C(C)CC(/C=C/CCC/C=C/CC)OC. The third kappa shape index (κ3) is 9.72. The van der Waals surface area contributed by atoms with Gasteiger partial charge in [-0.15, -0.1) is 6.58 Å². The van der Waals surface area contributed by atoms with Gasteiger partial charge >= 0.3 is 0 Å². The highest BCUT2D eigenvalue weighted by Crippen LogP contribution is 2.08. The van der Waals surface area contributed by atoms with E-state index in [9.17, 15) is 0 Å². The molecular formula is C15H26O. The van der Waals surface area contributed by atoms with E-state index < -0.39 is 0 Å². The maximum Gasteiger partial charge on any atom is 0.0788 e. The lowest BCUT2D eigenvalue weighted by atomic mass is 10.1. The second-order valence-corrected chi connectivity index (χ2v) is 4.17. The molecule has 0 saturated heterocycles. The van der Waals surface area contributed by atoms with Gasteiger partial charge in [0.05, 0.1) is 6.10 Å². The van der Waals surface area contributed by atoms with Gasteiger partial charge in [0.2, 0.25) is 0 Å². The first-order chi connectivity index (χ1) is 7.70. The topological polar surface area (TPSA) is 9.23 Å². The molecular weight excluding hydrogens is 196 g/mol. The zero-order valence-corrected chi connectivity index (χ0v) is 11.0. The molecule has 0 aromatic heterocycles. The second-order valence-electron chi connectivity index (χ2n) is 4.17. The molecule has 0 N–H and O–H groups in total. The molecule has 0 aliphatic rings. The first-order valence-corrected chi connectivity index (χ1v) is 6.19. The third-order valence-electron chi connectivity index (χ3n) is 2.35. The fraction of sp³-hybridized carbons (Fsp3) is 0.600. The van der Waals surface area contributed by atoms with Gasteiger partial charge in [-0.1, -0.05) is 36.8 Å². The maximum atomic E-state index is 5.34.